The fourth-order valence-corrected chi connectivity index (χ4v) is 3.36. The van der Waals surface area contributed by atoms with Gasteiger partial charge in [-0.1, -0.05) is 32.9 Å². The van der Waals surface area contributed by atoms with E-state index in [1.807, 2.05) is 30.3 Å². The lowest BCUT2D eigenvalue weighted by Crippen LogP contribution is -2.37. The summed E-state index contributed by atoms with van der Waals surface area (Å²) in [6.45, 7) is 8.89. The molecule has 0 unspecified atom stereocenters. The summed E-state index contributed by atoms with van der Waals surface area (Å²) >= 11 is 0. The van der Waals surface area contributed by atoms with Gasteiger partial charge in [0.2, 0.25) is 0 Å². The van der Waals surface area contributed by atoms with Gasteiger partial charge >= 0.3 is 5.97 Å². The van der Waals surface area contributed by atoms with E-state index in [1.165, 1.54) is 12.7 Å². The first kappa shape index (κ1) is 22.6. The van der Waals surface area contributed by atoms with E-state index in [2.05, 4.69) is 31.0 Å². The molecule has 1 aliphatic rings. The van der Waals surface area contributed by atoms with Crippen LogP contribution in [-0.4, -0.2) is 51.9 Å². The predicted octanol–water partition coefficient (Wildman–Crippen LogP) is 3.62. The molecule has 0 spiro atoms. The summed E-state index contributed by atoms with van der Waals surface area (Å²) in [5.41, 5.74) is 2.93. The summed E-state index contributed by atoms with van der Waals surface area (Å²) in [7, 11) is 1.34. The number of esters is 1. The Morgan fingerprint density at radius 2 is 1.74 bits per heavy atom. The number of carbonyl (C=O) groups is 2. The van der Waals surface area contributed by atoms with E-state index in [-0.39, 0.29) is 17.9 Å². The van der Waals surface area contributed by atoms with E-state index in [1.54, 1.807) is 12.1 Å². The van der Waals surface area contributed by atoms with Gasteiger partial charge in [0.15, 0.2) is 6.61 Å². The van der Waals surface area contributed by atoms with Gasteiger partial charge in [-0.25, -0.2) is 4.79 Å². The molecule has 0 aliphatic carbocycles. The van der Waals surface area contributed by atoms with Crippen molar-refractivity contribution in [2.24, 2.45) is 0 Å². The van der Waals surface area contributed by atoms with Crippen LogP contribution in [-0.2, 0) is 19.7 Å². The first-order chi connectivity index (χ1) is 14.8. The first-order valence-corrected chi connectivity index (χ1v) is 10.4. The number of hydrogen-bond donors (Lipinski definition) is 1. The van der Waals surface area contributed by atoms with Crippen LogP contribution in [0.5, 0.6) is 5.75 Å². The highest BCUT2D eigenvalue weighted by molar-refractivity contribution is 5.99. The van der Waals surface area contributed by atoms with Crippen LogP contribution >= 0.6 is 0 Å². The molecule has 0 saturated carbocycles. The van der Waals surface area contributed by atoms with Crippen molar-refractivity contribution < 1.29 is 23.8 Å². The lowest BCUT2D eigenvalue weighted by atomic mass is 9.87. The van der Waals surface area contributed by atoms with Gasteiger partial charge in [-0.15, -0.1) is 0 Å². The number of anilines is 2. The van der Waals surface area contributed by atoms with E-state index in [4.69, 9.17) is 14.2 Å². The van der Waals surface area contributed by atoms with Gasteiger partial charge in [0, 0.05) is 18.8 Å². The summed E-state index contributed by atoms with van der Waals surface area (Å²) in [6, 6.07) is 12.9. The third-order valence-corrected chi connectivity index (χ3v) is 5.13. The number of amides is 1. The van der Waals surface area contributed by atoms with Crippen molar-refractivity contribution in [3.05, 3.63) is 53.6 Å². The van der Waals surface area contributed by atoms with Crippen molar-refractivity contribution in [2.75, 3.05) is 50.2 Å². The maximum Gasteiger partial charge on any atom is 0.340 e. The smallest absolute Gasteiger partial charge is 0.340 e. The largest absolute Gasteiger partial charge is 0.484 e. The molecule has 166 valence electrons. The summed E-state index contributed by atoms with van der Waals surface area (Å²) in [5, 5.41) is 2.78. The normalized spacial score (nSPS) is 14.1. The van der Waals surface area contributed by atoms with Crippen molar-refractivity contribution >= 4 is 23.3 Å². The van der Waals surface area contributed by atoms with E-state index < -0.39 is 5.97 Å². The minimum Gasteiger partial charge on any atom is -0.484 e. The number of carbonyl (C=O) groups excluding carboxylic acids is 2. The Morgan fingerprint density at radius 3 is 2.35 bits per heavy atom. The molecule has 1 amide bonds. The van der Waals surface area contributed by atoms with Crippen molar-refractivity contribution in [1.82, 2.24) is 0 Å². The molecule has 2 aromatic rings. The van der Waals surface area contributed by atoms with Crippen LogP contribution in [0.1, 0.15) is 36.7 Å². The quantitative estimate of drug-likeness (QED) is 0.711. The third kappa shape index (κ3) is 5.98. The van der Waals surface area contributed by atoms with Gasteiger partial charge in [0.05, 0.1) is 31.6 Å². The minimum atomic E-state index is -0.451. The number of nitrogens with one attached hydrogen (secondary N) is 1. The highest BCUT2D eigenvalue weighted by atomic mass is 16.5. The second-order valence-electron chi connectivity index (χ2n) is 8.43. The van der Waals surface area contributed by atoms with Crippen LogP contribution < -0.4 is 15.0 Å². The van der Waals surface area contributed by atoms with E-state index in [9.17, 15) is 9.59 Å². The van der Waals surface area contributed by atoms with E-state index in [0.29, 0.717) is 43.3 Å². The molecule has 1 heterocycles. The Balaban J connectivity index is 1.64. The Hall–Kier alpha value is -3.06. The van der Waals surface area contributed by atoms with Crippen LogP contribution in [0.3, 0.4) is 0 Å². The molecule has 0 atom stereocenters. The van der Waals surface area contributed by atoms with Gasteiger partial charge in [-0.05, 0) is 41.3 Å². The van der Waals surface area contributed by atoms with E-state index >= 15 is 0 Å². The van der Waals surface area contributed by atoms with Gasteiger partial charge in [0.25, 0.3) is 5.91 Å². The fourth-order valence-electron chi connectivity index (χ4n) is 3.36. The number of benzene rings is 2. The van der Waals surface area contributed by atoms with Crippen molar-refractivity contribution in [3.63, 3.8) is 0 Å². The first-order valence-electron chi connectivity index (χ1n) is 10.4. The lowest BCUT2D eigenvalue weighted by molar-refractivity contribution is -0.118. The van der Waals surface area contributed by atoms with Crippen LogP contribution in [0.15, 0.2) is 42.5 Å². The lowest BCUT2D eigenvalue weighted by Gasteiger charge is -2.30. The molecular weight excluding hydrogens is 396 g/mol. The predicted molar refractivity (Wildman–Crippen MR) is 120 cm³/mol. The maximum absolute atomic E-state index is 12.4. The van der Waals surface area contributed by atoms with Crippen LogP contribution in [0, 0.1) is 0 Å². The molecule has 1 aliphatic heterocycles. The zero-order valence-electron chi connectivity index (χ0n) is 18.6. The van der Waals surface area contributed by atoms with E-state index in [0.717, 1.165) is 5.69 Å². The molecule has 7 nitrogen and oxygen atoms in total. The Labute approximate surface area is 183 Å². The Bertz CT molecular complexity index is 913. The molecule has 0 aromatic heterocycles. The number of morpholine rings is 1. The average Bonchev–Trinajstić information content (AvgIpc) is 2.77. The number of ether oxygens (including phenoxy) is 3. The van der Waals surface area contributed by atoms with Crippen LogP contribution in [0.2, 0.25) is 0 Å². The zero-order chi connectivity index (χ0) is 22.4. The number of rotatable bonds is 6. The van der Waals surface area contributed by atoms with Gasteiger partial charge in [-0.3, -0.25) is 4.79 Å². The molecule has 7 heteroatoms. The summed E-state index contributed by atoms with van der Waals surface area (Å²) in [5.74, 6) is -0.135. The average molecular weight is 427 g/mol. The second-order valence-corrected chi connectivity index (χ2v) is 8.43. The molecule has 1 saturated heterocycles. The summed E-state index contributed by atoms with van der Waals surface area (Å²) in [4.78, 5) is 26.8. The maximum atomic E-state index is 12.4. The zero-order valence-corrected chi connectivity index (χ0v) is 18.6. The summed E-state index contributed by atoms with van der Waals surface area (Å²) < 4.78 is 15.9. The molecular formula is C24H30N2O5. The fraction of sp³-hybridized carbons (Fsp3) is 0.417. The molecule has 0 radical (unpaired) electrons. The monoisotopic (exact) mass is 426 g/mol. The van der Waals surface area contributed by atoms with Crippen LogP contribution in [0.4, 0.5) is 11.4 Å². The Kier molecular flexibility index (Phi) is 7.17. The van der Waals surface area contributed by atoms with Gasteiger partial charge < -0.3 is 24.4 Å². The van der Waals surface area contributed by atoms with Crippen molar-refractivity contribution in [1.29, 1.82) is 0 Å². The highest BCUT2D eigenvalue weighted by Gasteiger charge is 2.20. The highest BCUT2D eigenvalue weighted by Crippen LogP contribution is 2.27. The molecule has 3 rings (SSSR count). The number of nitrogens with zero attached hydrogens (tertiary/aromatic N) is 1. The number of methoxy groups -OCH3 is 1. The number of hydrogen-bond acceptors (Lipinski definition) is 6. The third-order valence-electron chi connectivity index (χ3n) is 5.13. The Morgan fingerprint density at radius 1 is 1.06 bits per heavy atom. The topological polar surface area (TPSA) is 77.1 Å². The van der Waals surface area contributed by atoms with Gasteiger partial charge in [-0.2, -0.15) is 0 Å². The van der Waals surface area contributed by atoms with Crippen molar-refractivity contribution in [3.8, 4) is 5.75 Å². The molecule has 1 N–H and O–H groups in total. The summed E-state index contributed by atoms with van der Waals surface area (Å²) in [6.07, 6.45) is 0. The van der Waals surface area contributed by atoms with Crippen molar-refractivity contribution in [2.45, 2.75) is 26.2 Å². The minimum absolute atomic E-state index is 0.0562. The van der Waals surface area contributed by atoms with Crippen LogP contribution in [0.25, 0.3) is 0 Å². The second kappa shape index (κ2) is 9.83. The SMILES string of the molecule is COC(=O)c1cc(NC(=O)COc2ccc(C(C)(C)C)cc2)ccc1N1CCOCC1. The molecule has 0 bridgehead atoms. The molecule has 2 aromatic carbocycles. The molecule has 1 fully saturated rings. The standard InChI is InChI=1S/C24H30N2O5/c1-24(2,3)17-5-8-19(9-6-17)31-16-22(27)25-18-7-10-21(20(15-18)23(28)29-4)26-11-13-30-14-12-26/h5-10,15H,11-14,16H2,1-4H3,(H,25,27). The van der Waals surface area contributed by atoms with Gasteiger partial charge in [0.1, 0.15) is 5.75 Å². The molecule has 31 heavy (non-hydrogen) atoms.